The molecule has 0 saturated heterocycles. The van der Waals surface area contributed by atoms with Crippen LogP contribution < -0.4 is 16.2 Å². The van der Waals surface area contributed by atoms with Crippen LogP contribution in [0.3, 0.4) is 0 Å². The zero-order chi connectivity index (χ0) is 16.2. The molecule has 2 saturated carbocycles. The van der Waals surface area contributed by atoms with Crippen LogP contribution in [0.15, 0.2) is 22.8 Å². The Hall–Kier alpha value is -2.31. The first-order valence-electron chi connectivity index (χ1n) is 8.01. The minimum atomic E-state index is -0.891. The van der Waals surface area contributed by atoms with Crippen molar-refractivity contribution >= 4 is 17.7 Å². The quantitative estimate of drug-likeness (QED) is 0.566. The van der Waals surface area contributed by atoms with Gasteiger partial charge in [-0.3, -0.25) is 25.2 Å². The van der Waals surface area contributed by atoms with E-state index in [4.69, 9.17) is 4.42 Å². The highest BCUT2D eigenvalue weighted by Gasteiger charge is 2.40. The van der Waals surface area contributed by atoms with Gasteiger partial charge in [0.15, 0.2) is 0 Å². The molecule has 0 radical (unpaired) electrons. The second-order valence-corrected chi connectivity index (χ2v) is 6.40. The van der Waals surface area contributed by atoms with Crippen molar-refractivity contribution in [1.82, 2.24) is 16.2 Å². The minimum Gasteiger partial charge on any atom is -0.467 e. The van der Waals surface area contributed by atoms with Crippen molar-refractivity contribution in [2.75, 3.05) is 0 Å². The summed E-state index contributed by atoms with van der Waals surface area (Å²) in [6.45, 7) is 0.123. The van der Waals surface area contributed by atoms with Gasteiger partial charge in [-0.2, -0.15) is 0 Å². The summed E-state index contributed by atoms with van der Waals surface area (Å²) in [4.78, 5) is 35.1. The van der Waals surface area contributed by atoms with Crippen LogP contribution in [0.1, 0.15) is 37.9 Å². The monoisotopic (exact) mass is 319 g/mol. The number of carbonyl (C=O) groups excluding carboxylic acids is 3. The fraction of sp³-hybridized carbons (Fsp3) is 0.562. The van der Waals surface area contributed by atoms with E-state index in [1.807, 2.05) is 0 Å². The van der Waals surface area contributed by atoms with Gasteiger partial charge in [0.25, 0.3) is 0 Å². The van der Waals surface area contributed by atoms with Crippen LogP contribution in [0.5, 0.6) is 0 Å². The molecule has 2 fully saturated rings. The molecule has 3 atom stereocenters. The number of furan rings is 1. The van der Waals surface area contributed by atoms with E-state index in [2.05, 4.69) is 16.2 Å². The second-order valence-electron chi connectivity index (χ2n) is 6.40. The van der Waals surface area contributed by atoms with E-state index < -0.39 is 11.8 Å². The molecule has 7 nitrogen and oxygen atoms in total. The maximum atomic E-state index is 11.9. The van der Waals surface area contributed by atoms with E-state index >= 15 is 0 Å². The van der Waals surface area contributed by atoms with E-state index in [0.717, 1.165) is 12.3 Å². The molecule has 0 spiro atoms. The van der Waals surface area contributed by atoms with E-state index in [1.54, 1.807) is 12.1 Å². The standard InChI is InChI=1S/C16H21N3O4/c20-14(8-12-7-10-3-4-11(12)6-10)18-19-16(22)15(21)17-9-13-2-1-5-23-13/h1-2,5,10-12H,3-4,6-9H2,(H,17,21)(H,18,20)(H,19,22)/t10-,11-,12-/m1/s1. The number of hydrazine groups is 1. The molecule has 23 heavy (non-hydrogen) atoms. The molecule has 7 heteroatoms. The summed E-state index contributed by atoms with van der Waals surface area (Å²) in [6.07, 6.45) is 6.74. The number of hydrogen-bond donors (Lipinski definition) is 3. The third-order valence-corrected chi connectivity index (χ3v) is 4.86. The van der Waals surface area contributed by atoms with Crippen LogP contribution in [-0.4, -0.2) is 17.7 Å². The van der Waals surface area contributed by atoms with Crippen LogP contribution in [0, 0.1) is 17.8 Å². The van der Waals surface area contributed by atoms with E-state index in [-0.39, 0.29) is 12.5 Å². The van der Waals surface area contributed by atoms with Crippen molar-refractivity contribution in [1.29, 1.82) is 0 Å². The maximum Gasteiger partial charge on any atom is 0.327 e. The Morgan fingerprint density at radius 1 is 1.13 bits per heavy atom. The molecule has 1 aromatic rings. The highest BCUT2D eigenvalue weighted by Crippen LogP contribution is 2.49. The molecule has 3 amide bonds. The fourth-order valence-corrected chi connectivity index (χ4v) is 3.76. The number of carbonyl (C=O) groups is 3. The van der Waals surface area contributed by atoms with Crippen molar-refractivity contribution in [2.45, 2.75) is 38.6 Å². The van der Waals surface area contributed by atoms with Gasteiger partial charge in [0, 0.05) is 6.42 Å². The zero-order valence-electron chi connectivity index (χ0n) is 12.8. The molecule has 0 aliphatic heterocycles. The Balaban J connectivity index is 1.34. The second kappa shape index (κ2) is 6.85. The largest absolute Gasteiger partial charge is 0.467 e. The number of amides is 3. The molecule has 124 valence electrons. The van der Waals surface area contributed by atoms with Crippen LogP contribution in [0.25, 0.3) is 0 Å². The lowest BCUT2D eigenvalue weighted by Gasteiger charge is -2.20. The molecule has 3 rings (SSSR count). The van der Waals surface area contributed by atoms with Gasteiger partial charge in [0.2, 0.25) is 5.91 Å². The highest BCUT2D eigenvalue weighted by molar-refractivity contribution is 6.35. The number of fused-ring (bicyclic) bond motifs is 2. The molecule has 0 unspecified atom stereocenters. The molecular formula is C16H21N3O4. The summed E-state index contributed by atoms with van der Waals surface area (Å²) in [7, 11) is 0. The predicted molar refractivity (Wildman–Crippen MR) is 80.4 cm³/mol. The summed E-state index contributed by atoms with van der Waals surface area (Å²) >= 11 is 0. The summed E-state index contributed by atoms with van der Waals surface area (Å²) in [5.74, 6) is 0.442. The number of rotatable bonds is 4. The third kappa shape index (κ3) is 3.91. The van der Waals surface area contributed by atoms with Crippen molar-refractivity contribution in [2.24, 2.45) is 17.8 Å². The lowest BCUT2D eigenvalue weighted by Crippen LogP contribution is -2.48. The first kappa shape index (κ1) is 15.6. The van der Waals surface area contributed by atoms with Gasteiger partial charge in [0.05, 0.1) is 12.8 Å². The third-order valence-electron chi connectivity index (χ3n) is 4.86. The lowest BCUT2D eigenvalue weighted by atomic mass is 9.86. The van der Waals surface area contributed by atoms with Crippen LogP contribution in [0.4, 0.5) is 0 Å². The fourth-order valence-electron chi connectivity index (χ4n) is 3.76. The van der Waals surface area contributed by atoms with Crippen molar-refractivity contribution in [3.05, 3.63) is 24.2 Å². The maximum absolute atomic E-state index is 11.9. The summed E-state index contributed by atoms with van der Waals surface area (Å²) in [5, 5.41) is 2.41. The van der Waals surface area contributed by atoms with E-state index in [1.165, 1.54) is 25.5 Å². The van der Waals surface area contributed by atoms with Crippen LogP contribution in [-0.2, 0) is 20.9 Å². The van der Waals surface area contributed by atoms with Gasteiger partial charge in [-0.25, -0.2) is 0 Å². The molecule has 1 aromatic heterocycles. The first-order chi connectivity index (χ1) is 11.1. The van der Waals surface area contributed by atoms with Gasteiger partial charge in [-0.05, 0) is 49.1 Å². The van der Waals surface area contributed by atoms with Gasteiger partial charge >= 0.3 is 11.8 Å². The smallest absolute Gasteiger partial charge is 0.327 e. The van der Waals surface area contributed by atoms with Gasteiger partial charge < -0.3 is 9.73 Å². The van der Waals surface area contributed by atoms with Crippen molar-refractivity contribution in [3.63, 3.8) is 0 Å². The summed E-state index contributed by atoms with van der Waals surface area (Å²) < 4.78 is 5.04. The minimum absolute atomic E-state index is 0.123. The molecule has 3 N–H and O–H groups in total. The Labute approximate surface area is 134 Å². The molecule has 2 bridgehead atoms. The normalized spacial score (nSPS) is 25.1. The average Bonchev–Trinajstić information content (AvgIpc) is 3.27. The zero-order valence-corrected chi connectivity index (χ0v) is 12.8. The van der Waals surface area contributed by atoms with Crippen molar-refractivity contribution < 1.29 is 18.8 Å². The van der Waals surface area contributed by atoms with Gasteiger partial charge in [-0.15, -0.1) is 0 Å². The SMILES string of the molecule is O=C(C[C@H]1C[C@@H]2CC[C@@H]1C2)NNC(=O)C(=O)NCc1ccco1. The molecular weight excluding hydrogens is 298 g/mol. The first-order valence-corrected chi connectivity index (χ1v) is 8.01. The van der Waals surface area contributed by atoms with Crippen molar-refractivity contribution in [3.8, 4) is 0 Å². The topological polar surface area (TPSA) is 100 Å². The number of hydrogen-bond acceptors (Lipinski definition) is 4. The molecule has 0 aromatic carbocycles. The van der Waals surface area contributed by atoms with Crippen LogP contribution >= 0.6 is 0 Å². The Morgan fingerprint density at radius 3 is 2.65 bits per heavy atom. The highest BCUT2D eigenvalue weighted by atomic mass is 16.3. The average molecular weight is 319 g/mol. The lowest BCUT2D eigenvalue weighted by molar-refractivity contribution is -0.141. The molecule has 2 aliphatic rings. The number of nitrogens with one attached hydrogen (secondary N) is 3. The Kier molecular flexibility index (Phi) is 4.64. The van der Waals surface area contributed by atoms with Gasteiger partial charge in [-0.1, -0.05) is 6.42 Å². The van der Waals surface area contributed by atoms with E-state index in [9.17, 15) is 14.4 Å². The molecule has 1 heterocycles. The van der Waals surface area contributed by atoms with Crippen LogP contribution in [0.2, 0.25) is 0 Å². The Morgan fingerprint density at radius 2 is 2.00 bits per heavy atom. The molecule has 2 aliphatic carbocycles. The predicted octanol–water partition coefficient (Wildman–Crippen LogP) is 0.870. The van der Waals surface area contributed by atoms with E-state index in [0.29, 0.717) is 24.0 Å². The Bertz CT molecular complexity index is 584. The summed E-state index contributed by atoms with van der Waals surface area (Å²) in [6, 6.07) is 3.38. The summed E-state index contributed by atoms with van der Waals surface area (Å²) in [5.41, 5.74) is 4.47. The van der Waals surface area contributed by atoms with Gasteiger partial charge in [0.1, 0.15) is 5.76 Å².